The molecule has 0 unspecified atom stereocenters. The van der Waals surface area contributed by atoms with Crippen molar-refractivity contribution in [1.82, 2.24) is 0 Å². The molecule has 0 aliphatic rings. The lowest BCUT2D eigenvalue weighted by atomic mass is 10.1. The van der Waals surface area contributed by atoms with Crippen molar-refractivity contribution >= 4 is 17.6 Å². The highest BCUT2D eigenvalue weighted by atomic mass is 19.1. The molecule has 14 heavy (non-hydrogen) atoms. The van der Waals surface area contributed by atoms with Crippen molar-refractivity contribution in [3.8, 4) is 0 Å². The minimum absolute atomic E-state index is 0.0268. The van der Waals surface area contributed by atoms with Gasteiger partial charge in [-0.3, -0.25) is 4.79 Å². The molecule has 0 saturated heterocycles. The Morgan fingerprint density at radius 3 is 2.57 bits per heavy atom. The second-order valence-electron chi connectivity index (χ2n) is 2.66. The van der Waals surface area contributed by atoms with Crippen molar-refractivity contribution in [2.24, 2.45) is 0 Å². The Labute approximate surface area is 79.4 Å². The summed E-state index contributed by atoms with van der Waals surface area (Å²) >= 11 is 0. The van der Waals surface area contributed by atoms with Gasteiger partial charge in [-0.25, -0.2) is 4.39 Å². The van der Waals surface area contributed by atoms with Crippen LogP contribution in [0.4, 0.5) is 10.1 Å². The summed E-state index contributed by atoms with van der Waals surface area (Å²) in [7, 11) is 0. The summed E-state index contributed by atoms with van der Waals surface area (Å²) in [6.45, 7) is 1.22. The Hall–Kier alpha value is -1.91. The van der Waals surface area contributed by atoms with Crippen LogP contribution in [0.3, 0.4) is 0 Å². The number of rotatable bonds is 2. The van der Waals surface area contributed by atoms with Gasteiger partial charge in [-0.2, -0.15) is 0 Å². The number of hydrogen-bond donors (Lipinski definition) is 1. The molecule has 0 atom stereocenters. The van der Waals surface area contributed by atoms with E-state index in [9.17, 15) is 19.1 Å². The predicted molar refractivity (Wildman–Crippen MR) is 45.0 cm³/mol. The third-order valence-corrected chi connectivity index (χ3v) is 1.51. The summed E-state index contributed by atoms with van der Waals surface area (Å²) in [4.78, 5) is 21.2. The molecule has 0 bridgehead atoms. The highest BCUT2D eigenvalue weighted by molar-refractivity contribution is 5.98. The summed E-state index contributed by atoms with van der Waals surface area (Å²) in [5.41, 5.74) is -0.348. The van der Waals surface area contributed by atoms with E-state index in [1.54, 1.807) is 0 Å². The third-order valence-electron chi connectivity index (χ3n) is 1.51. The SMILES string of the molecule is CC(=O)Nc1ccc(F)cc1C(=O)[O-]. The van der Waals surface area contributed by atoms with Gasteiger partial charge in [-0.1, -0.05) is 0 Å². The number of carbonyl (C=O) groups excluding carboxylic acids is 2. The van der Waals surface area contributed by atoms with Crippen LogP contribution < -0.4 is 10.4 Å². The van der Waals surface area contributed by atoms with Crippen molar-refractivity contribution in [3.05, 3.63) is 29.6 Å². The standard InChI is InChI=1S/C9H8FNO3/c1-5(12)11-8-3-2-6(10)4-7(8)9(13)14/h2-4H,1H3,(H,11,12)(H,13,14)/p-1. The van der Waals surface area contributed by atoms with Gasteiger partial charge in [0, 0.05) is 18.2 Å². The number of benzene rings is 1. The summed E-state index contributed by atoms with van der Waals surface area (Å²) in [6.07, 6.45) is 0. The lowest BCUT2D eigenvalue weighted by Crippen LogP contribution is -2.24. The number of carbonyl (C=O) groups is 2. The molecule has 74 valence electrons. The van der Waals surface area contributed by atoms with E-state index in [-0.39, 0.29) is 11.3 Å². The van der Waals surface area contributed by atoms with Crippen LogP contribution in [0.15, 0.2) is 18.2 Å². The fraction of sp³-hybridized carbons (Fsp3) is 0.111. The van der Waals surface area contributed by atoms with Crippen LogP contribution in [0.5, 0.6) is 0 Å². The van der Waals surface area contributed by atoms with Crippen molar-refractivity contribution in [3.63, 3.8) is 0 Å². The zero-order chi connectivity index (χ0) is 10.7. The van der Waals surface area contributed by atoms with Crippen molar-refractivity contribution in [1.29, 1.82) is 0 Å². The van der Waals surface area contributed by atoms with Crippen LogP contribution in [0.2, 0.25) is 0 Å². The second kappa shape index (κ2) is 3.87. The first kappa shape index (κ1) is 10.2. The lowest BCUT2D eigenvalue weighted by molar-refractivity contribution is -0.254. The topological polar surface area (TPSA) is 69.2 Å². The average Bonchev–Trinajstić information content (AvgIpc) is 2.07. The Kier molecular flexibility index (Phi) is 2.81. The van der Waals surface area contributed by atoms with Crippen LogP contribution in [0.1, 0.15) is 17.3 Å². The molecule has 4 nitrogen and oxygen atoms in total. The molecular weight excluding hydrogens is 189 g/mol. The molecule has 5 heteroatoms. The van der Waals surface area contributed by atoms with Crippen LogP contribution in [0, 0.1) is 5.82 Å². The maximum absolute atomic E-state index is 12.6. The number of carboxylic acids is 1. The summed E-state index contributed by atoms with van der Waals surface area (Å²) in [5, 5.41) is 12.8. The van der Waals surface area contributed by atoms with E-state index in [2.05, 4.69) is 5.32 Å². The zero-order valence-electron chi connectivity index (χ0n) is 7.33. The summed E-state index contributed by atoms with van der Waals surface area (Å²) in [6, 6.07) is 3.01. The predicted octanol–water partition coefficient (Wildman–Crippen LogP) is 0.148. The fourth-order valence-electron chi connectivity index (χ4n) is 0.984. The Morgan fingerprint density at radius 1 is 1.43 bits per heavy atom. The van der Waals surface area contributed by atoms with Crippen LogP contribution in [-0.2, 0) is 4.79 Å². The monoisotopic (exact) mass is 196 g/mol. The number of carboxylic acid groups (broad SMARTS) is 1. The molecule has 0 aromatic heterocycles. The lowest BCUT2D eigenvalue weighted by Gasteiger charge is -2.10. The number of halogens is 1. The zero-order valence-corrected chi connectivity index (χ0v) is 7.33. The third kappa shape index (κ3) is 2.29. The van der Waals surface area contributed by atoms with Gasteiger partial charge in [0.25, 0.3) is 0 Å². The molecule has 0 heterocycles. The molecule has 0 spiro atoms. The van der Waals surface area contributed by atoms with Gasteiger partial charge >= 0.3 is 0 Å². The average molecular weight is 196 g/mol. The number of anilines is 1. The minimum Gasteiger partial charge on any atom is -0.545 e. The van der Waals surface area contributed by atoms with Crippen molar-refractivity contribution < 1.29 is 19.1 Å². The molecule has 0 radical (unpaired) electrons. The molecule has 1 rings (SSSR count). The molecular formula is C9H7FNO3-. The van der Waals surface area contributed by atoms with Gasteiger partial charge in [0.1, 0.15) is 5.82 Å². The molecule has 1 N–H and O–H groups in total. The molecule has 0 aliphatic carbocycles. The number of aromatic carboxylic acids is 1. The number of nitrogens with one attached hydrogen (secondary N) is 1. The number of hydrogen-bond acceptors (Lipinski definition) is 3. The highest BCUT2D eigenvalue weighted by Gasteiger charge is 2.05. The summed E-state index contributed by atoms with van der Waals surface area (Å²) in [5.74, 6) is -2.66. The van der Waals surface area contributed by atoms with E-state index >= 15 is 0 Å². The first-order chi connectivity index (χ1) is 6.50. The van der Waals surface area contributed by atoms with Gasteiger partial charge in [-0.15, -0.1) is 0 Å². The quantitative estimate of drug-likeness (QED) is 0.731. The Balaban J connectivity index is 3.14. The second-order valence-corrected chi connectivity index (χ2v) is 2.66. The molecule has 0 saturated carbocycles. The molecule has 0 fully saturated rings. The first-order valence-electron chi connectivity index (χ1n) is 3.79. The van der Waals surface area contributed by atoms with Gasteiger partial charge in [0.15, 0.2) is 0 Å². The molecule has 1 aromatic rings. The van der Waals surface area contributed by atoms with E-state index < -0.39 is 17.7 Å². The minimum atomic E-state index is -1.53. The van der Waals surface area contributed by atoms with E-state index in [1.165, 1.54) is 13.0 Å². The normalized spacial score (nSPS) is 9.57. The number of amides is 1. The molecule has 0 aliphatic heterocycles. The van der Waals surface area contributed by atoms with E-state index in [0.29, 0.717) is 0 Å². The van der Waals surface area contributed by atoms with Crippen LogP contribution >= 0.6 is 0 Å². The summed E-state index contributed by atoms with van der Waals surface area (Å²) < 4.78 is 12.6. The Bertz CT molecular complexity index is 390. The van der Waals surface area contributed by atoms with Gasteiger partial charge in [0.2, 0.25) is 5.91 Å². The molecule has 1 aromatic carbocycles. The Morgan fingerprint density at radius 2 is 2.07 bits per heavy atom. The van der Waals surface area contributed by atoms with E-state index in [0.717, 1.165) is 12.1 Å². The van der Waals surface area contributed by atoms with Crippen molar-refractivity contribution in [2.45, 2.75) is 6.92 Å². The van der Waals surface area contributed by atoms with Crippen LogP contribution in [-0.4, -0.2) is 11.9 Å². The van der Waals surface area contributed by atoms with Gasteiger partial charge < -0.3 is 15.2 Å². The maximum atomic E-state index is 12.6. The highest BCUT2D eigenvalue weighted by Crippen LogP contribution is 2.15. The fourth-order valence-corrected chi connectivity index (χ4v) is 0.984. The van der Waals surface area contributed by atoms with Gasteiger partial charge in [-0.05, 0) is 18.2 Å². The maximum Gasteiger partial charge on any atom is 0.221 e. The van der Waals surface area contributed by atoms with Crippen molar-refractivity contribution in [2.75, 3.05) is 5.32 Å². The largest absolute Gasteiger partial charge is 0.545 e. The molecule has 1 amide bonds. The smallest absolute Gasteiger partial charge is 0.221 e. The van der Waals surface area contributed by atoms with E-state index in [1.807, 2.05) is 0 Å². The first-order valence-corrected chi connectivity index (χ1v) is 3.79. The van der Waals surface area contributed by atoms with E-state index in [4.69, 9.17) is 0 Å². The van der Waals surface area contributed by atoms with Gasteiger partial charge in [0.05, 0.1) is 5.97 Å². The van der Waals surface area contributed by atoms with Crippen LogP contribution in [0.25, 0.3) is 0 Å².